The summed E-state index contributed by atoms with van der Waals surface area (Å²) in [4.78, 5) is 43.3. The van der Waals surface area contributed by atoms with Crippen LogP contribution in [0.2, 0.25) is 0 Å². The van der Waals surface area contributed by atoms with Gasteiger partial charge in [-0.05, 0) is 66.8 Å². The van der Waals surface area contributed by atoms with Gasteiger partial charge in [0.1, 0.15) is 0 Å². The molecule has 4 aromatic rings. The minimum Gasteiger partial charge on any atom is -0.493 e. The van der Waals surface area contributed by atoms with E-state index in [-0.39, 0.29) is 29.6 Å². The zero-order valence-electron chi connectivity index (χ0n) is 27.0. The molecule has 1 N–H and O–H groups in total. The number of allylic oxidation sites excluding steroid dienone is 1. The van der Waals surface area contributed by atoms with Crippen molar-refractivity contribution < 1.29 is 33.3 Å². The van der Waals surface area contributed by atoms with Gasteiger partial charge in [0.05, 0.1) is 51.4 Å². The number of anilines is 2. The topological polar surface area (TPSA) is 103 Å². The van der Waals surface area contributed by atoms with Crippen molar-refractivity contribution in [2.45, 2.75) is 31.7 Å². The highest BCUT2D eigenvalue weighted by Crippen LogP contribution is 2.48. The average Bonchev–Trinajstić information content (AvgIpc) is 3.25. The number of fused-ring (bicyclic) bond motifs is 1. The van der Waals surface area contributed by atoms with Gasteiger partial charge in [0, 0.05) is 23.3 Å². The highest BCUT2D eigenvalue weighted by Gasteiger charge is 2.42. The number of amides is 1. The van der Waals surface area contributed by atoms with Gasteiger partial charge in [-0.2, -0.15) is 0 Å². The number of benzene rings is 4. The van der Waals surface area contributed by atoms with Crippen molar-refractivity contribution in [1.82, 2.24) is 0 Å². The van der Waals surface area contributed by atoms with E-state index < -0.39 is 12.0 Å². The summed E-state index contributed by atoms with van der Waals surface area (Å²) in [5.41, 5.74) is 6.04. The van der Waals surface area contributed by atoms with Crippen molar-refractivity contribution in [1.29, 1.82) is 0 Å². The molecule has 2 unspecified atom stereocenters. The highest BCUT2D eigenvalue weighted by atomic mass is 16.5. The highest BCUT2D eigenvalue weighted by molar-refractivity contribution is 6.12. The molecule has 0 radical (unpaired) electrons. The Balaban J connectivity index is 1.57. The average molecular weight is 633 g/mol. The first-order valence-electron chi connectivity index (χ1n) is 15.3. The Kier molecular flexibility index (Phi) is 8.72. The van der Waals surface area contributed by atoms with E-state index in [9.17, 15) is 14.4 Å². The number of ether oxygens (including phenoxy) is 4. The van der Waals surface area contributed by atoms with Crippen LogP contribution in [0.25, 0.3) is 0 Å². The van der Waals surface area contributed by atoms with E-state index in [4.69, 9.17) is 18.9 Å². The Bertz CT molecular complexity index is 1850. The fraction of sp³-hybridized carbons (Fsp3) is 0.237. The summed E-state index contributed by atoms with van der Waals surface area (Å²) >= 11 is 0. The van der Waals surface area contributed by atoms with Gasteiger partial charge in [-0.3, -0.25) is 14.5 Å². The Hall–Kier alpha value is -5.57. The summed E-state index contributed by atoms with van der Waals surface area (Å²) in [5, 5.41) is 3.56. The molecule has 0 spiro atoms. The van der Waals surface area contributed by atoms with Gasteiger partial charge in [0.2, 0.25) is 5.75 Å². The molecule has 1 aliphatic heterocycles. The third-order valence-electron chi connectivity index (χ3n) is 8.82. The Morgan fingerprint density at radius 2 is 1.40 bits per heavy atom. The van der Waals surface area contributed by atoms with Gasteiger partial charge < -0.3 is 24.3 Å². The van der Waals surface area contributed by atoms with E-state index in [1.165, 1.54) is 28.4 Å². The quantitative estimate of drug-likeness (QED) is 0.217. The third-order valence-corrected chi connectivity index (χ3v) is 8.82. The largest absolute Gasteiger partial charge is 0.493 e. The zero-order chi connectivity index (χ0) is 33.2. The van der Waals surface area contributed by atoms with E-state index in [2.05, 4.69) is 29.6 Å². The molecule has 2 atom stereocenters. The number of nitrogens with zero attached hydrogens (tertiary/aromatic N) is 1. The molecule has 9 heteroatoms. The first-order valence-corrected chi connectivity index (χ1v) is 15.3. The lowest BCUT2D eigenvalue weighted by Gasteiger charge is -2.35. The van der Waals surface area contributed by atoms with Crippen LogP contribution in [0.1, 0.15) is 62.2 Å². The number of hydrogen-bond donors (Lipinski definition) is 1. The van der Waals surface area contributed by atoms with E-state index in [1.807, 2.05) is 31.2 Å². The lowest BCUT2D eigenvalue weighted by molar-refractivity contribution is -0.116. The smallest absolute Gasteiger partial charge is 0.337 e. The van der Waals surface area contributed by atoms with Crippen molar-refractivity contribution in [2.75, 3.05) is 38.7 Å². The van der Waals surface area contributed by atoms with Gasteiger partial charge in [0.15, 0.2) is 17.3 Å². The number of hydrogen-bond acceptors (Lipinski definition) is 8. The van der Waals surface area contributed by atoms with Gasteiger partial charge in [-0.15, -0.1) is 0 Å². The van der Waals surface area contributed by atoms with Crippen LogP contribution in [0.15, 0.2) is 96.2 Å². The maximum Gasteiger partial charge on any atom is 0.337 e. The minimum absolute atomic E-state index is 0.0405. The van der Waals surface area contributed by atoms with Gasteiger partial charge >= 0.3 is 5.97 Å². The number of methoxy groups -OCH3 is 4. The fourth-order valence-corrected chi connectivity index (χ4v) is 6.47. The minimum atomic E-state index is -0.828. The summed E-state index contributed by atoms with van der Waals surface area (Å²) in [7, 11) is 5.80. The predicted molar refractivity (Wildman–Crippen MR) is 179 cm³/mol. The summed E-state index contributed by atoms with van der Waals surface area (Å²) in [6, 6.07) is 25.0. The zero-order valence-corrected chi connectivity index (χ0v) is 27.0. The van der Waals surface area contributed by atoms with Crippen LogP contribution in [0.5, 0.6) is 17.2 Å². The molecular weight excluding hydrogens is 596 g/mol. The maximum absolute atomic E-state index is 14.9. The van der Waals surface area contributed by atoms with Crippen molar-refractivity contribution in [3.05, 3.63) is 124 Å². The molecule has 240 valence electrons. The molecule has 0 bridgehead atoms. The first kappa shape index (κ1) is 31.4. The fourth-order valence-electron chi connectivity index (χ4n) is 6.47. The molecule has 0 fully saturated rings. The molecule has 0 saturated carbocycles. The monoisotopic (exact) mass is 632 g/mol. The molecule has 47 heavy (non-hydrogen) atoms. The predicted octanol–water partition coefficient (Wildman–Crippen LogP) is 7.02. The summed E-state index contributed by atoms with van der Waals surface area (Å²) in [6.45, 7) is 2.04. The lowest BCUT2D eigenvalue weighted by atomic mass is 9.78. The van der Waals surface area contributed by atoms with Crippen LogP contribution >= 0.6 is 0 Å². The van der Waals surface area contributed by atoms with Crippen LogP contribution in [0, 0.1) is 6.92 Å². The molecule has 1 aliphatic carbocycles. The number of rotatable bonds is 7. The third kappa shape index (κ3) is 5.80. The number of Topliss-reactive ketones (excluding diaryl/α,β-unsaturated/α-hetero) is 1. The SMILES string of the molecule is COC(=O)c1ccc(C2C3=C(CC(c4ccc(C)cc4)CC3=O)Nc3ccccc3N2C(=O)c2cc(OC)c(OC)c(OC)c2)cc1. The number of ketones is 1. The standard InChI is InChI=1S/C38H36N2O7/c1-22-10-12-23(13-11-22)26-18-29-34(31(41)19-26)35(24-14-16-25(17-15-24)38(43)47-5)40(30-9-7-6-8-28(30)39-29)37(42)27-20-32(44-2)36(46-4)33(21-27)45-3/h6-17,20-21,26,35,39H,18-19H2,1-5H3. The Morgan fingerprint density at radius 1 is 0.766 bits per heavy atom. The number of aryl methyl sites for hydroxylation is 1. The second-order valence-corrected chi connectivity index (χ2v) is 11.6. The molecule has 0 aromatic heterocycles. The number of carbonyl (C=O) groups excluding carboxylic acids is 3. The number of esters is 1. The molecule has 1 heterocycles. The number of carbonyl (C=O) groups is 3. The summed E-state index contributed by atoms with van der Waals surface area (Å²) in [5.74, 6) is 0.0271. The molecule has 6 rings (SSSR count). The van der Waals surface area contributed by atoms with Crippen molar-refractivity contribution in [3.8, 4) is 17.2 Å². The Labute approximate surface area is 273 Å². The van der Waals surface area contributed by atoms with Crippen LogP contribution in [-0.4, -0.2) is 46.1 Å². The normalized spacial score (nSPS) is 17.1. The van der Waals surface area contributed by atoms with Crippen LogP contribution in [0.4, 0.5) is 11.4 Å². The molecule has 4 aromatic carbocycles. The second-order valence-electron chi connectivity index (χ2n) is 11.6. The molecule has 2 aliphatic rings. The summed E-state index contributed by atoms with van der Waals surface area (Å²) in [6.07, 6.45) is 0.851. The van der Waals surface area contributed by atoms with Gasteiger partial charge in [-0.25, -0.2) is 4.79 Å². The number of nitrogens with one attached hydrogen (secondary N) is 1. The van der Waals surface area contributed by atoms with Crippen molar-refractivity contribution in [2.24, 2.45) is 0 Å². The second kappa shape index (κ2) is 13.0. The van der Waals surface area contributed by atoms with Crippen LogP contribution < -0.4 is 24.4 Å². The van der Waals surface area contributed by atoms with Crippen molar-refractivity contribution >= 4 is 29.0 Å². The van der Waals surface area contributed by atoms with E-state index >= 15 is 0 Å². The lowest BCUT2D eigenvalue weighted by Crippen LogP contribution is -2.38. The maximum atomic E-state index is 14.9. The van der Waals surface area contributed by atoms with Crippen molar-refractivity contribution in [3.63, 3.8) is 0 Å². The van der Waals surface area contributed by atoms with Gasteiger partial charge in [0.25, 0.3) is 5.91 Å². The molecular formula is C38H36N2O7. The van der Waals surface area contributed by atoms with Gasteiger partial charge in [-0.1, -0.05) is 54.1 Å². The Morgan fingerprint density at radius 3 is 2.02 bits per heavy atom. The summed E-state index contributed by atoms with van der Waals surface area (Å²) < 4.78 is 21.6. The van der Waals surface area contributed by atoms with E-state index in [0.29, 0.717) is 51.7 Å². The number of para-hydroxylation sites is 2. The molecule has 9 nitrogen and oxygen atoms in total. The first-order chi connectivity index (χ1) is 22.8. The van der Waals surface area contributed by atoms with E-state index in [1.54, 1.807) is 41.3 Å². The molecule has 1 amide bonds. The van der Waals surface area contributed by atoms with Crippen LogP contribution in [0.3, 0.4) is 0 Å². The van der Waals surface area contributed by atoms with E-state index in [0.717, 1.165) is 16.8 Å². The van der Waals surface area contributed by atoms with Crippen LogP contribution in [-0.2, 0) is 9.53 Å². The molecule has 0 saturated heterocycles.